The third kappa shape index (κ3) is 6.92. The summed E-state index contributed by atoms with van der Waals surface area (Å²) in [6, 6.07) is 21.7. The van der Waals surface area contributed by atoms with Crippen LogP contribution < -0.4 is 10.5 Å². The fourth-order valence-electron chi connectivity index (χ4n) is 8.02. The number of methoxy groups -OCH3 is 1. The van der Waals surface area contributed by atoms with E-state index >= 15 is 4.11 Å². The summed E-state index contributed by atoms with van der Waals surface area (Å²) in [5.41, 5.74) is -0.403. The molecule has 2 amide bonds. The SMILES string of the molecule is COC(=O)CCCCN1C(=O)[C@@]2(O[C@@H](CC(=O)N(CCO)Cc3ccccc3)[C@H]([Si](C)(C)F)[C@H]2C)c2cc(-n3ncc4ccccc4c3=O)ccc21. The predicted octanol–water partition coefficient (Wildman–Crippen LogP) is 5.26. The molecule has 1 spiro atoms. The minimum atomic E-state index is -3.61. The van der Waals surface area contributed by atoms with E-state index < -0.39 is 31.6 Å². The van der Waals surface area contributed by atoms with Gasteiger partial charge in [0.15, 0.2) is 5.60 Å². The second-order valence-corrected chi connectivity index (χ2v) is 17.9. The van der Waals surface area contributed by atoms with Gasteiger partial charge in [0, 0.05) is 48.5 Å². The first-order valence-corrected chi connectivity index (χ1v) is 20.7. The molecule has 2 aliphatic rings. The number of fused-ring (bicyclic) bond motifs is 3. The van der Waals surface area contributed by atoms with Gasteiger partial charge in [-0.05, 0) is 55.8 Å². The Morgan fingerprint density at radius 3 is 2.50 bits per heavy atom. The molecule has 6 rings (SSSR count). The molecule has 2 aliphatic heterocycles. The second kappa shape index (κ2) is 15.1. The number of carbonyl (C=O) groups is 3. The molecule has 1 N–H and O–H groups in total. The zero-order valence-corrected chi connectivity index (χ0v) is 31.0. The number of rotatable bonds is 13. The molecule has 0 unspecified atom stereocenters. The number of halogens is 1. The summed E-state index contributed by atoms with van der Waals surface area (Å²) >= 11 is 0. The molecule has 1 saturated heterocycles. The molecule has 0 aliphatic carbocycles. The minimum absolute atomic E-state index is 0.0836. The van der Waals surface area contributed by atoms with E-state index in [4.69, 9.17) is 9.47 Å². The van der Waals surface area contributed by atoms with Crippen LogP contribution in [0.3, 0.4) is 0 Å². The number of unbranched alkanes of at least 4 members (excludes halogenated alkanes) is 1. The molecule has 274 valence electrons. The predicted molar refractivity (Wildman–Crippen MR) is 197 cm³/mol. The first-order chi connectivity index (χ1) is 24.9. The zero-order chi connectivity index (χ0) is 37.2. The topological polar surface area (TPSA) is 131 Å². The van der Waals surface area contributed by atoms with E-state index in [0.29, 0.717) is 40.6 Å². The van der Waals surface area contributed by atoms with Crippen molar-refractivity contribution < 1.29 is 33.1 Å². The fraction of sp³-hybridized carbons (Fsp3) is 0.410. The normalized spacial score (nSPS) is 21.2. The van der Waals surface area contributed by atoms with E-state index in [9.17, 15) is 24.3 Å². The molecule has 52 heavy (non-hydrogen) atoms. The molecule has 13 heteroatoms. The van der Waals surface area contributed by atoms with E-state index in [1.165, 1.54) is 16.7 Å². The average Bonchev–Trinajstić information content (AvgIpc) is 3.55. The molecule has 4 aromatic rings. The van der Waals surface area contributed by atoms with Crippen LogP contribution in [0.4, 0.5) is 9.80 Å². The standard InChI is InChI=1S/C39H45FN4O7Si/c1-26-36(52(3,4)40)33(23-34(46)42(20-21-45)25-27-12-6-5-7-13-27)51-39(26)31-22-29(44-37(48)30-15-9-8-14-28(30)24-41-44)17-18-32(31)43(38(39)49)19-11-10-16-35(47)50-2/h5-9,12-15,17-18,22,24,26,33,36,45H,10-11,16,19-21,23,25H2,1-4H3/t26-,33+,36-,39+/m1/s1. The summed E-state index contributed by atoms with van der Waals surface area (Å²) in [7, 11) is -2.28. The van der Waals surface area contributed by atoms with Gasteiger partial charge in [0.2, 0.25) is 14.3 Å². The molecule has 0 saturated carbocycles. The van der Waals surface area contributed by atoms with E-state index in [2.05, 4.69) is 5.10 Å². The van der Waals surface area contributed by atoms with Gasteiger partial charge in [0.1, 0.15) is 0 Å². The molecule has 0 bridgehead atoms. The Balaban J connectivity index is 1.41. The Labute approximate surface area is 303 Å². The highest BCUT2D eigenvalue weighted by Crippen LogP contribution is 2.60. The summed E-state index contributed by atoms with van der Waals surface area (Å²) < 4.78 is 29.5. The van der Waals surface area contributed by atoms with Crippen molar-refractivity contribution >= 4 is 42.7 Å². The Bertz CT molecular complexity index is 2020. The highest BCUT2D eigenvalue weighted by atomic mass is 28.4. The van der Waals surface area contributed by atoms with Crippen LogP contribution in [0.1, 0.15) is 43.7 Å². The summed E-state index contributed by atoms with van der Waals surface area (Å²) in [6.07, 6.45) is 1.65. The number of aromatic nitrogens is 2. The van der Waals surface area contributed by atoms with E-state index in [1.54, 1.807) is 54.5 Å². The Morgan fingerprint density at radius 2 is 1.79 bits per heavy atom. The van der Waals surface area contributed by atoms with Crippen LogP contribution in [-0.2, 0) is 36.0 Å². The average molecular weight is 729 g/mol. The molecule has 11 nitrogen and oxygen atoms in total. The van der Waals surface area contributed by atoms with Crippen LogP contribution in [0, 0.1) is 5.92 Å². The maximum absolute atomic E-state index is 16.6. The monoisotopic (exact) mass is 728 g/mol. The zero-order valence-electron chi connectivity index (χ0n) is 30.0. The highest BCUT2D eigenvalue weighted by Gasteiger charge is 2.67. The van der Waals surface area contributed by atoms with Crippen molar-refractivity contribution in [2.75, 3.05) is 31.7 Å². The maximum atomic E-state index is 16.6. The van der Waals surface area contributed by atoms with Crippen molar-refractivity contribution in [1.29, 1.82) is 0 Å². The second-order valence-electron chi connectivity index (χ2n) is 14.1. The number of benzene rings is 3. The number of hydrogen-bond donors (Lipinski definition) is 1. The number of hydrogen-bond acceptors (Lipinski definition) is 8. The number of amides is 2. The summed E-state index contributed by atoms with van der Waals surface area (Å²) in [5.74, 6) is -1.72. The maximum Gasteiger partial charge on any atom is 0.305 e. The quantitative estimate of drug-likeness (QED) is 0.0854. The molecule has 1 aromatic heterocycles. The van der Waals surface area contributed by atoms with Gasteiger partial charge in [-0.2, -0.15) is 9.78 Å². The van der Waals surface area contributed by atoms with Crippen molar-refractivity contribution in [3.05, 3.63) is 100 Å². The third-order valence-electron chi connectivity index (χ3n) is 10.4. The Hall–Kier alpha value is -4.72. The van der Waals surface area contributed by atoms with Gasteiger partial charge in [-0.15, -0.1) is 0 Å². The van der Waals surface area contributed by atoms with Gasteiger partial charge in [0.25, 0.3) is 11.5 Å². The molecular formula is C39H45FN4O7Si. The van der Waals surface area contributed by atoms with Crippen molar-refractivity contribution in [1.82, 2.24) is 14.7 Å². The van der Waals surface area contributed by atoms with Crippen LogP contribution in [-0.4, -0.2) is 78.9 Å². The largest absolute Gasteiger partial charge is 0.469 e. The van der Waals surface area contributed by atoms with Crippen molar-refractivity contribution in [2.24, 2.45) is 5.92 Å². The van der Waals surface area contributed by atoms with Crippen LogP contribution in [0.25, 0.3) is 16.5 Å². The van der Waals surface area contributed by atoms with E-state index in [0.717, 1.165) is 5.56 Å². The molecule has 4 atom stereocenters. The Morgan fingerprint density at radius 1 is 1.06 bits per heavy atom. The lowest BCUT2D eigenvalue weighted by Gasteiger charge is -2.31. The number of carbonyl (C=O) groups excluding carboxylic acids is 3. The third-order valence-corrected chi connectivity index (χ3v) is 12.9. The summed E-state index contributed by atoms with van der Waals surface area (Å²) in [5, 5.41) is 15.4. The van der Waals surface area contributed by atoms with Gasteiger partial charge in [-0.1, -0.05) is 55.5 Å². The van der Waals surface area contributed by atoms with Gasteiger partial charge < -0.3 is 28.5 Å². The highest BCUT2D eigenvalue weighted by molar-refractivity contribution is 6.72. The van der Waals surface area contributed by atoms with Crippen molar-refractivity contribution in [3.63, 3.8) is 0 Å². The van der Waals surface area contributed by atoms with Gasteiger partial charge in [-0.25, -0.2) is 0 Å². The molecule has 3 aromatic carbocycles. The van der Waals surface area contributed by atoms with Crippen LogP contribution in [0.2, 0.25) is 18.6 Å². The van der Waals surface area contributed by atoms with Crippen LogP contribution in [0.15, 0.2) is 83.8 Å². The van der Waals surface area contributed by atoms with Gasteiger partial charge in [0.05, 0.1) is 49.2 Å². The smallest absolute Gasteiger partial charge is 0.305 e. The number of esters is 1. The van der Waals surface area contributed by atoms with Gasteiger partial charge >= 0.3 is 5.97 Å². The summed E-state index contributed by atoms with van der Waals surface area (Å²) in [6.45, 7) is 5.31. The lowest BCUT2D eigenvalue weighted by molar-refractivity contribution is -0.149. The van der Waals surface area contributed by atoms with Gasteiger partial charge in [-0.3, -0.25) is 19.2 Å². The molecule has 0 radical (unpaired) electrons. The minimum Gasteiger partial charge on any atom is -0.469 e. The summed E-state index contributed by atoms with van der Waals surface area (Å²) in [4.78, 5) is 57.4. The van der Waals surface area contributed by atoms with Crippen LogP contribution >= 0.6 is 0 Å². The van der Waals surface area contributed by atoms with E-state index in [-0.39, 0.29) is 62.4 Å². The first kappa shape index (κ1) is 37.0. The van der Waals surface area contributed by atoms with Crippen LogP contribution in [0.5, 0.6) is 0 Å². The fourth-order valence-corrected chi connectivity index (χ4v) is 10.5. The first-order valence-electron chi connectivity index (χ1n) is 17.7. The number of ether oxygens (including phenoxy) is 2. The number of aliphatic hydroxyl groups excluding tert-OH is 1. The number of aliphatic hydroxyl groups is 1. The van der Waals surface area contributed by atoms with Crippen molar-refractivity contribution in [2.45, 2.75) is 69.5 Å². The van der Waals surface area contributed by atoms with E-state index in [1.807, 2.05) is 49.4 Å². The molecule has 1 fully saturated rings. The number of anilines is 1. The number of nitrogens with zero attached hydrogens (tertiary/aromatic N) is 4. The lowest BCUT2D eigenvalue weighted by Crippen LogP contribution is -2.45. The van der Waals surface area contributed by atoms with Crippen molar-refractivity contribution in [3.8, 4) is 5.69 Å². The lowest BCUT2D eigenvalue weighted by atomic mass is 9.82. The molecular weight excluding hydrogens is 684 g/mol. The Kier molecular flexibility index (Phi) is 10.8. The molecule has 3 heterocycles.